The van der Waals surface area contributed by atoms with Crippen molar-refractivity contribution in [3.05, 3.63) is 44.7 Å². The van der Waals surface area contributed by atoms with E-state index in [-0.39, 0.29) is 0 Å². The third-order valence-electron chi connectivity index (χ3n) is 2.55. The molecule has 0 aromatic rings. The molecule has 0 nitrogen and oxygen atoms in total. The first-order chi connectivity index (χ1) is 7.07. The number of rotatable bonds is 3. The summed E-state index contributed by atoms with van der Waals surface area (Å²) in [7, 11) is -1.13. The Morgan fingerprint density at radius 2 is 1.93 bits per heavy atom. The van der Waals surface area contributed by atoms with E-state index in [9.17, 15) is 0 Å². The van der Waals surface area contributed by atoms with Gasteiger partial charge in [-0.1, -0.05) is 0 Å². The van der Waals surface area contributed by atoms with Gasteiger partial charge in [0.1, 0.15) is 0 Å². The molecule has 0 bridgehead atoms. The number of allylic oxidation sites excluding steroid dienone is 8. The summed E-state index contributed by atoms with van der Waals surface area (Å²) in [4.78, 5) is 0. The van der Waals surface area contributed by atoms with Crippen molar-refractivity contribution < 1.29 is 14.4 Å². The van der Waals surface area contributed by atoms with Crippen molar-refractivity contribution in [2.45, 2.75) is 32.5 Å². The van der Waals surface area contributed by atoms with Crippen LogP contribution in [0.4, 0.5) is 0 Å². The van der Waals surface area contributed by atoms with Crippen LogP contribution in [0, 0.1) is 0 Å². The predicted molar refractivity (Wildman–Crippen MR) is 66.0 cm³/mol. The molecule has 0 fully saturated rings. The van der Waals surface area contributed by atoms with Gasteiger partial charge in [0.25, 0.3) is 0 Å². The van der Waals surface area contributed by atoms with E-state index < -0.39 is 8.07 Å². The Bertz CT molecular complexity index is 378. The molecule has 0 amide bonds. The molecule has 0 saturated carbocycles. The summed E-state index contributed by atoms with van der Waals surface area (Å²) in [6.45, 7) is 7.30. The maximum atomic E-state index is 2.43. The van der Waals surface area contributed by atoms with E-state index in [4.69, 9.17) is 0 Å². The summed E-state index contributed by atoms with van der Waals surface area (Å²) in [5.74, 6) is 0. The van der Waals surface area contributed by atoms with Crippen molar-refractivity contribution in [1.29, 1.82) is 0 Å². The fourth-order valence-electron chi connectivity index (χ4n) is 1.77. The molecular formula is C13H18NiSi. The van der Waals surface area contributed by atoms with Crippen molar-refractivity contribution in [3.63, 3.8) is 0 Å². The first-order valence-electron chi connectivity index (χ1n) is 5.42. The zero-order valence-corrected chi connectivity index (χ0v) is 11.6. The Labute approximate surface area is 99.7 Å². The van der Waals surface area contributed by atoms with Gasteiger partial charge in [-0.15, -0.1) is 0 Å². The van der Waals surface area contributed by atoms with E-state index in [1.54, 1.807) is 24.2 Å². The SMILES string of the molecule is C[Si](C)(C)C1=[C]([Ni][C]2=CC=CC2)CC=C1. The second-order valence-electron chi connectivity index (χ2n) is 4.92. The van der Waals surface area contributed by atoms with Crippen LogP contribution in [0.15, 0.2) is 44.7 Å². The molecule has 0 aromatic heterocycles. The normalized spacial score (nSPS) is 20.6. The van der Waals surface area contributed by atoms with E-state index in [2.05, 4.69) is 50.0 Å². The van der Waals surface area contributed by atoms with Gasteiger partial charge in [-0.05, 0) is 0 Å². The van der Waals surface area contributed by atoms with Crippen LogP contribution in [0.2, 0.25) is 19.6 Å². The van der Waals surface area contributed by atoms with Crippen molar-refractivity contribution >= 4 is 8.07 Å². The molecule has 15 heavy (non-hydrogen) atoms. The fraction of sp³-hybridized carbons (Fsp3) is 0.385. The molecule has 0 spiro atoms. The van der Waals surface area contributed by atoms with Gasteiger partial charge in [-0.2, -0.15) is 0 Å². The molecule has 0 radical (unpaired) electrons. The minimum atomic E-state index is -1.13. The summed E-state index contributed by atoms with van der Waals surface area (Å²) in [5, 5.41) is 1.66. The standard InChI is InChI=1S/C8H13Si.C5H5.Ni/c1-9(2,3)8-6-4-5-7-8;1-2-4-5-3-1;/h4,6H,5H2,1-3H3;1-3H,4H2;. The van der Waals surface area contributed by atoms with Gasteiger partial charge in [-0.3, -0.25) is 0 Å². The summed E-state index contributed by atoms with van der Waals surface area (Å²) < 4.78 is 3.15. The molecule has 0 aromatic carbocycles. The van der Waals surface area contributed by atoms with E-state index in [0.29, 0.717) is 0 Å². The van der Waals surface area contributed by atoms with Crippen LogP contribution in [0.25, 0.3) is 0 Å². The van der Waals surface area contributed by atoms with Crippen LogP contribution < -0.4 is 0 Å². The van der Waals surface area contributed by atoms with Gasteiger partial charge in [0, 0.05) is 0 Å². The molecule has 2 aliphatic carbocycles. The van der Waals surface area contributed by atoms with Crippen LogP contribution in [0.1, 0.15) is 12.8 Å². The number of hydrogen-bond donors (Lipinski definition) is 0. The second kappa shape index (κ2) is 4.27. The van der Waals surface area contributed by atoms with Gasteiger partial charge in [0.15, 0.2) is 0 Å². The second-order valence-corrected chi connectivity index (χ2v) is 11.4. The van der Waals surface area contributed by atoms with Crippen molar-refractivity contribution in [2.24, 2.45) is 0 Å². The van der Waals surface area contributed by atoms with E-state index in [0.717, 1.165) is 12.8 Å². The van der Waals surface area contributed by atoms with Gasteiger partial charge in [0.05, 0.1) is 0 Å². The average Bonchev–Trinajstić information content (AvgIpc) is 2.73. The first-order valence-corrected chi connectivity index (χ1v) is 9.90. The van der Waals surface area contributed by atoms with E-state index in [1.807, 2.05) is 0 Å². The monoisotopic (exact) mass is 260 g/mol. The van der Waals surface area contributed by atoms with Gasteiger partial charge < -0.3 is 0 Å². The third-order valence-corrected chi connectivity index (χ3v) is 6.29. The van der Waals surface area contributed by atoms with Crippen molar-refractivity contribution in [2.75, 3.05) is 0 Å². The summed E-state index contributed by atoms with van der Waals surface area (Å²) >= 11 is 1.80. The first kappa shape index (κ1) is 11.2. The van der Waals surface area contributed by atoms with Crippen LogP contribution in [0.5, 0.6) is 0 Å². The molecule has 0 unspecified atom stereocenters. The molecule has 2 aliphatic rings. The molecule has 2 rings (SSSR count). The van der Waals surface area contributed by atoms with Crippen LogP contribution in [-0.2, 0) is 14.4 Å². The van der Waals surface area contributed by atoms with Crippen LogP contribution in [0.3, 0.4) is 0 Å². The van der Waals surface area contributed by atoms with Crippen LogP contribution >= 0.6 is 0 Å². The molecule has 84 valence electrons. The quantitative estimate of drug-likeness (QED) is 0.673. The molecule has 0 aliphatic heterocycles. The van der Waals surface area contributed by atoms with Crippen molar-refractivity contribution in [1.82, 2.24) is 0 Å². The summed E-state index contributed by atoms with van der Waals surface area (Å²) in [6.07, 6.45) is 13.7. The molecule has 0 heterocycles. The topological polar surface area (TPSA) is 0 Å². The van der Waals surface area contributed by atoms with E-state index in [1.165, 1.54) is 4.54 Å². The van der Waals surface area contributed by atoms with Crippen LogP contribution in [-0.4, -0.2) is 8.07 Å². The molecule has 0 saturated heterocycles. The Hall–Kier alpha value is -0.330. The Morgan fingerprint density at radius 1 is 1.13 bits per heavy atom. The molecule has 0 atom stereocenters. The molecule has 0 N–H and O–H groups in total. The zero-order valence-electron chi connectivity index (χ0n) is 9.62. The summed E-state index contributed by atoms with van der Waals surface area (Å²) in [5.41, 5.74) is 0. The van der Waals surface area contributed by atoms with E-state index >= 15 is 0 Å². The molecular weight excluding hydrogens is 243 g/mol. The van der Waals surface area contributed by atoms with Gasteiger partial charge in [0.2, 0.25) is 0 Å². The fourth-order valence-corrected chi connectivity index (χ4v) is 5.74. The third kappa shape index (κ3) is 2.62. The zero-order chi connectivity index (χ0) is 10.9. The molecule has 2 heteroatoms. The summed E-state index contributed by atoms with van der Waals surface area (Å²) in [6, 6.07) is 0. The average molecular weight is 261 g/mol. The predicted octanol–water partition coefficient (Wildman–Crippen LogP) is 4.00. The number of hydrogen-bond acceptors (Lipinski definition) is 0. The minimum absolute atomic E-state index is 1.13. The Balaban J connectivity index is 2.14. The Morgan fingerprint density at radius 3 is 2.53 bits per heavy atom. The maximum absolute atomic E-state index is 2.43. The van der Waals surface area contributed by atoms with Gasteiger partial charge in [-0.25, -0.2) is 0 Å². The van der Waals surface area contributed by atoms with Gasteiger partial charge >= 0.3 is 99.7 Å². The Kier molecular flexibility index (Phi) is 3.18. The van der Waals surface area contributed by atoms with Crippen molar-refractivity contribution in [3.8, 4) is 0 Å².